The van der Waals surface area contributed by atoms with Crippen LogP contribution >= 0.6 is 11.6 Å². The first-order chi connectivity index (χ1) is 6.22. The number of aliphatic hydroxyl groups is 1. The van der Waals surface area contributed by atoms with Gasteiger partial charge in [-0.25, -0.2) is 4.79 Å². The van der Waals surface area contributed by atoms with Crippen molar-refractivity contribution in [2.45, 2.75) is 0 Å². The highest BCUT2D eigenvalue weighted by Gasteiger charge is 1.96. The Balaban J connectivity index is 0.000000310. The van der Waals surface area contributed by atoms with Crippen molar-refractivity contribution in [2.75, 3.05) is 0 Å². The molecule has 0 saturated heterocycles. The molecule has 0 aromatic heterocycles. The van der Waals surface area contributed by atoms with Gasteiger partial charge in [0.05, 0.1) is 11.8 Å². The number of hydrogen-bond donors (Lipinski definition) is 2. The van der Waals surface area contributed by atoms with Crippen LogP contribution in [0.15, 0.2) is 42.1 Å². The Morgan fingerprint density at radius 2 is 1.77 bits per heavy atom. The van der Waals surface area contributed by atoms with E-state index >= 15 is 0 Å². The number of hydrogen-bond acceptors (Lipinski definition) is 2. The van der Waals surface area contributed by atoms with Crippen LogP contribution in [0, 0.1) is 0 Å². The van der Waals surface area contributed by atoms with Crippen molar-refractivity contribution < 1.29 is 15.0 Å². The number of halogens is 1. The molecule has 0 saturated carbocycles. The second kappa shape index (κ2) is 7.18. The van der Waals surface area contributed by atoms with Crippen molar-refractivity contribution in [1.29, 1.82) is 0 Å². The van der Waals surface area contributed by atoms with Gasteiger partial charge in [0.15, 0.2) is 0 Å². The lowest BCUT2D eigenvalue weighted by molar-refractivity contribution is 0.0697. The number of carboxylic acids is 1. The molecule has 1 rings (SSSR count). The average Bonchev–Trinajstić information content (AvgIpc) is 2.19. The summed E-state index contributed by atoms with van der Waals surface area (Å²) in [5.41, 5.74) is 1.36. The number of carboxylic acid groups (broad SMARTS) is 1. The van der Waals surface area contributed by atoms with Gasteiger partial charge in [0.25, 0.3) is 0 Å². The molecule has 0 aliphatic heterocycles. The van der Waals surface area contributed by atoms with E-state index in [9.17, 15) is 4.79 Å². The maximum atomic E-state index is 10.2. The van der Waals surface area contributed by atoms with E-state index in [1.807, 2.05) is 0 Å². The third-order valence-electron chi connectivity index (χ3n) is 1.08. The fraction of sp³-hybridized carbons (Fsp3) is 0. The lowest BCUT2D eigenvalue weighted by atomic mass is 10.2. The van der Waals surface area contributed by atoms with E-state index in [1.165, 1.54) is 0 Å². The average molecular weight is 201 g/mol. The fourth-order valence-corrected chi connectivity index (χ4v) is 0.581. The van der Waals surface area contributed by atoms with Gasteiger partial charge in [-0.3, -0.25) is 0 Å². The SMILES string of the molecule is O=C(O)c1ccccc1.OC=CCl. The molecule has 0 radical (unpaired) electrons. The van der Waals surface area contributed by atoms with Gasteiger partial charge in [-0.2, -0.15) is 0 Å². The molecule has 1 aromatic rings. The first-order valence-corrected chi connectivity index (χ1v) is 3.83. The molecule has 2 N–H and O–H groups in total. The van der Waals surface area contributed by atoms with E-state index in [-0.39, 0.29) is 0 Å². The van der Waals surface area contributed by atoms with Crippen LogP contribution in [0.25, 0.3) is 0 Å². The summed E-state index contributed by atoms with van der Waals surface area (Å²) in [5.74, 6) is -0.879. The standard InChI is InChI=1S/C7H6O2.C2H3ClO/c8-7(9)6-4-2-1-3-5-6;3-1-2-4/h1-5H,(H,8,9);1-2,4H. The minimum absolute atomic E-state index is 0.331. The highest BCUT2D eigenvalue weighted by Crippen LogP contribution is 1.96. The molecule has 0 heterocycles. The van der Waals surface area contributed by atoms with Crippen molar-refractivity contribution in [2.24, 2.45) is 0 Å². The van der Waals surface area contributed by atoms with Crippen LogP contribution in [0.4, 0.5) is 0 Å². The van der Waals surface area contributed by atoms with E-state index < -0.39 is 5.97 Å². The molecule has 0 spiro atoms. The van der Waals surface area contributed by atoms with Gasteiger partial charge in [0.2, 0.25) is 0 Å². The summed E-state index contributed by atoms with van der Waals surface area (Å²) in [6.07, 6.45) is 0.765. The number of carbonyl (C=O) groups is 1. The summed E-state index contributed by atoms with van der Waals surface area (Å²) in [4.78, 5) is 10.2. The normalized spacial score (nSPS) is 9.00. The number of aliphatic hydroxyl groups excluding tert-OH is 1. The minimum atomic E-state index is -0.879. The molecule has 0 amide bonds. The maximum Gasteiger partial charge on any atom is 0.335 e. The van der Waals surface area contributed by atoms with E-state index in [2.05, 4.69) is 0 Å². The highest BCUT2D eigenvalue weighted by molar-refractivity contribution is 6.25. The molecule has 0 fully saturated rings. The molecular weight excluding hydrogens is 192 g/mol. The quantitative estimate of drug-likeness (QED) is 0.686. The summed E-state index contributed by atoms with van der Waals surface area (Å²) < 4.78 is 0. The lowest BCUT2D eigenvalue weighted by Gasteiger charge is -1.88. The van der Waals surface area contributed by atoms with Gasteiger partial charge in [-0.05, 0) is 12.1 Å². The second-order valence-electron chi connectivity index (χ2n) is 1.95. The Morgan fingerprint density at radius 1 is 1.31 bits per heavy atom. The molecule has 0 bridgehead atoms. The molecule has 0 atom stereocenters. The summed E-state index contributed by atoms with van der Waals surface area (Å²) >= 11 is 4.76. The fourth-order valence-electron chi connectivity index (χ4n) is 0.581. The summed E-state index contributed by atoms with van der Waals surface area (Å²) in [5, 5.41) is 15.9. The van der Waals surface area contributed by atoms with Crippen molar-refractivity contribution in [3.8, 4) is 0 Å². The Morgan fingerprint density at radius 3 is 2.00 bits per heavy atom. The van der Waals surface area contributed by atoms with Crippen LogP contribution in [0.5, 0.6) is 0 Å². The Bertz CT molecular complexity index is 265. The van der Waals surface area contributed by atoms with Crippen LogP contribution in [0.1, 0.15) is 10.4 Å². The molecular formula is C9H9ClO3. The number of benzene rings is 1. The van der Waals surface area contributed by atoms with Crippen LogP contribution in [0.3, 0.4) is 0 Å². The predicted molar refractivity (Wildman–Crippen MR) is 51.0 cm³/mol. The highest BCUT2D eigenvalue weighted by atomic mass is 35.5. The zero-order valence-corrected chi connectivity index (χ0v) is 7.48. The van der Waals surface area contributed by atoms with Gasteiger partial charge in [0.1, 0.15) is 0 Å². The molecule has 3 nitrogen and oxygen atoms in total. The van der Waals surface area contributed by atoms with Gasteiger partial charge in [-0.15, -0.1) is 0 Å². The van der Waals surface area contributed by atoms with Gasteiger partial charge < -0.3 is 10.2 Å². The Kier molecular flexibility index (Phi) is 6.37. The van der Waals surface area contributed by atoms with Crippen molar-refractivity contribution in [3.05, 3.63) is 47.7 Å². The van der Waals surface area contributed by atoms with Crippen LogP contribution in [-0.2, 0) is 0 Å². The molecule has 1 aromatic carbocycles. The summed E-state index contributed by atoms with van der Waals surface area (Å²) in [6.45, 7) is 0. The second-order valence-corrected chi connectivity index (χ2v) is 2.20. The lowest BCUT2D eigenvalue weighted by Crippen LogP contribution is -1.93. The first-order valence-electron chi connectivity index (χ1n) is 3.40. The van der Waals surface area contributed by atoms with Gasteiger partial charge >= 0.3 is 5.97 Å². The Hall–Kier alpha value is -1.48. The molecule has 4 heteroatoms. The molecule has 0 aliphatic carbocycles. The summed E-state index contributed by atoms with van der Waals surface area (Å²) in [7, 11) is 0. The van der Waals surface area contributed by atoms with Gasteiger partial charge in [-0.1, -0.05) is 29.8 Å². The minimum Gasteiger partial charge on any atom is -0.515 e. The molecule has 0 aliphatic rings. The largest absolute Gasteiger partial charge is 0.515 e. The molecule has 13 heavy (non-hydrogen) atoms. The number of aromatic carboxylic acids is 1. The van der Waals surface area contributed by atoms with E-state index in [0.717, 1.165) is 11.8 Å². The van der Waals surface area contributed by atoms with E-state index in [1.54, 1.807) is 30.3 Å². The molecule has 0 unspecified atom stereocenters. The van der Waals surface area contributed by atoms with Crippen LogP contribution in [-0.4, -0.2) is 16.2 Å². The van der Waals surface area contributed by atoms with E-state index in [0.29, 0.717) is 5.56 Å². The van der Waals surface area contributed by atoms with Crippen molar-refractivity contribution in [3.63, 3.8) is 0 Å². The topological polar surface area (TPSA) is 57.5 Å². The monoisotopic (exact) mass is 200 g/mol. The van der Waals surface area contributed by atoms with Crippen LogP contribution < -0.4 is 0 Å². The third-order valence-corrected chi connectivity index (χ3v) is 1.19. The molecule has 70 valence electrons. The first kappa shape index (κ1) is 11.5. The predicted octanol–water partition coefficient (Wildman–Crippen LogP) is 2.64. The smallest absolute Gasteiger partial charge is 0.335 e. The number of rotatable bonds is 1. The maximum absolute atomic E-state index is 10.2. The zero-order valence-electron chi connectivity index (χ0n) is 6.72. The van der Waals surface area contributed by atoms with Crippen molar-refractivity contribution in [1.82, 2.24) is 0 Å². The van der Waals surface area contributed by atoms with Gasteiger partial charge in [0, 0.05) is 5.54 Å². The summed E-state index contributed by atoms with van der Waals surface area (Å²) in [6, 6.07) is 8.30. The van der Waals surface area contributed by atoms with E-state index in [4.69, 9.17) is 21.8 Å². The third kappa shape index (κ3) is 5.75. The zero-order chi connectivity index (χ0) is 10.1. The van der Waals surface area contributed by atoms with Crippen molar-refractivity contribution >= 4 is 17.6 Å². The van der Waals surface area contributed by atoms with Crippen LogP contribution in [0.2, 0.25) is 0 Å². The Labute approximate surface area is 80.9 Å².